The van der Waals surface area contributed by atoms with E-state index in [1.54, 1.807) is 4.90 Å². The number of rotatable bonds is 6. The third kappa shape index (κ3) is 4.06. The van der Waals surface area contributed by atoms with Gasteiger partial charge in [-0.05, 0) is 54.8 Å². The largest absolute Gasteiger partial charge is 0.493 e. The van der Waals surface area contributed by atoms with Gasteiger partial charge in [0.1, 0.15) is 5.75 Å². The first-order valence-electron chi connectivity index (χ1n) is 10.8. The van der Waals surface area contributed by atoms with E-state index >= 15 is 0 Å². The minimum Gasteiger partial charge on any atom is -0.493 e. The van der Waals surface area contributed by atoms with Crippen LogP contribution in [0.3, 0.4) is 0 Å². The van der Waals surface area contributed by atoms with Gasteiger partial charge < -0.3 is 9.47 Å². The summed E-state index contributed by atoms with van der Waals surface area (Å²) in [5.74, 6) is 0.448. The lowest BCUT2D eigenvalue weighted by molar-refractivity contribution is 0.0916. The average molecular weight is 467 g/mol. The Balaban J connectivity index is 1.64. The summed E-state index contributed by atoms with van der Waals surface area (Å²) in [4.78, 5) is 20.6. The molecule has 4 aromatic rings. The number of nitrogens with zero attached hydrogens (tertiary/aromatic N) is 2. The van der Waals surface area contributed by atoms with E-state index in [-0.39, 0.29) is 12.0 Å². The molecule has 1 aromatic heterocycles. The summed E-state index contributed by atoms with van der Waals surface area (Å²) in [7, 11) is 0. The van der Waals surface area contributed by atoms with Gasteiger partial charge in [0.15, 0.2) is 5.13 Å². The highest BCUT2D eigenvalue weighted by atomic mass is 35.5. The van der Waals surface area contributed by atoms with Crippen molar-refractivity contribution < 1.29 is 14.3 Å². The van der Waals surface area contributed by atoms with Gasteiger partial charge in [0, 0.05) is 11.6 Å². The van der Waals surface area contributed by atoms with Crippen LogP contribution in [-0.4, -0.2) is 36.8 Å². The molecule has 5 nitrogen and oxygen atoms in total. The number of thiazole rings is 1. The van der Waals surface area contributed by atoms with Gasteiger partial charge in [-0.1, -0.05) is 53.3 Å². The second kappa shape index (κ2) is 9.06. The van der Waals surface area contributed by atoms with E-state index in [1.807, 2.05) is 61.5 Å². The van der Waals surface area contributed by atoms with Crippen LogP contribution >= 0.6 is 22.9 Å². The summed E-state index contributed by atoms with van der Waals surface area (Å²) in [6.45, 7) is 3.57. The number of aromatic nitrogens is 1. The second-order valence-electron chi connectivity index (χ2n) is 7.75. The van der Waals surface area contributed by atoms with Crippen molar-refractivity contribution in [2.45, 2.75) is 25.9 Å². The maximum absolute atomic E-state index is 14.1. The number of anilines is 1. The normalized spacial score (nSPS) is 16.0. The summed E-state index contributed by atoms with van der Waals surface area (Å²) >= 11 is 7.65. The van der Waals surface area contributed by atoms with Crippen molar-refractivity contribution >= 4 is 55.0 Å². The molecule has 0 bridgehead atoms. The number of benzene rings is 3. The Morgan fingerprint density at radius 1 is 1.25 bits per heavy atom. The molecule has 164 valence electrons. The smallest absolute Gasteiger partial charge is 0.264 e. The molecular weight excluding hydrogens is 444 g/mol. The van der Waals surface area contributed by atoms with Crippen LogP contribution in [0.15, 0.2) is 54.6 Å². The van der Waals surface area contributed by atoms with Gasteiger partial charge in [0.2, 0.25) is 0 Å². The molecule has 0 radical (unpaired) electrons. The monoisotopic (exact) mass is 466 g/mol. The Morgan fingerprint density at radius 2 is 2.12 bits per heavy atom. The summed E-state index contributed by atoms with van der Waals surface area (Å²) in [5.41, 5.74) is 1.38. The van der Waals surface area contributed by atoms with Gasteiger partial charge in [-0.2, -0.15) is 0 Å². The number of ether oxygens (including phenoxy) is 2. The Kier molecular flexibility index (Phi) is 6.00. The van der Waals surface area contributed by atoms with Crippen molar-refractivity contribution in [2.24, 2.45) is 0 Å². The fraction of sp³-hybridized carbons (Fsp3) is 0.280. The highest BCUT2D eigenvalue weighted by Gasteiger charge is 2.30. The van der Waals surface area contributed by atoms with Crippen molar-refractivity contribution in [3.63, 3.8) is 0 Å². The average Bonchev–Trinajstić information content (AvgIpc) is 3.46. The molecule has 3 aromatic carbocycles. The Morgan fingerprint density at radius 3 is 2.94 bits per heavy atom. The molecule has 1 fully saturated rings. The minimum absolute atomic E-state index is 0.0138. The van der Waals surface area contributed by atoms with Crippen LogP contribution in [0, 0.1) is 0 Å². The van der Waals surface area contributed by atoms with Crippen molar-refractivity contribution in [3.05, 3.63) is 65.2 Å². The van der Waals surface area contributed by atoms with Crippen LogP contribution in [0.1, 0.15) is 30.1 Å². The number of hydrogen-bond acceptors (Lipinski definition) is 5. The maximum Gasteiger partial charge on any atom is 0.264 e. The Bertz CT molecular complexity index is 1280. The molecule has 1 amide bonds. The zero-order chi connectivity index (χ0) is 22.1. The highest BCUT2D eigenvalue weighted by Crippen LogP contribution is 2.35. The highest BCUT2D eigenvalue weighted by molar-refractivity contribution is 7.22. The number of halogens is 1. The van der Waals surface area contributed by atoms with E-state index in [2.05, 4.69) is 0 Å². The Hall–Kier alpha value is -2.67. The van der Waals surface area contributed by atoms with Crippen molar-refractivity contribution in [1.82, 2.24) is 4.98 Å². The van der Waals surface area contributed by atoms with E-state index in [0.29, 0.717) is 34.6 Å². The van der Waals surface area contributed by atoms with Crippen LogP contribution in [0.5, 0.6) is 5.75 Å². The lowest BCUT2D eigenvalue weighted by Gasteiger charge is -2.24. The minimum atomic E-state index is -0.133. The molecule has 5 rings (SSSR count). The van der Waals surface area contributed by atoms with E-state index in [0.717, 1.165) is 40.4 Å². The molecule has 1 aliphatic rings. The SMILES string of the molecule is CCOc1ccc2ccccc2c1C(=O)N(CC1CCCO1)c1nc2ccc(Cl)cc2s1. The van der Waals surface area contributed by atoms with Crippen LogP contribution in [0.4, 0.5) is 5.13 Å². The summed E-state index contributed by atoms with van der Waals surface area (Å²) < 4.78 is 12.7. The van der Waals surface area contributed by atoms with Gasteiger partial charge in [-0.25, -0.2) is 4.98 Å². The number of hydrogen-bond donors (Lipinski definition) is 0. The van der Waals surface area contributed by atoms with Crippen molar-refractivity contribution in [3.8, 4) is 5.75 Å². The fourth-order valence-electron chi connectivity index (χ4n) is 4.12. The predicted molar refractivity (Wildman–Crippen MR) is 130 cm³/mol. The molecule has 0 spiro atoms. The van der Waals surface area contributed by atoms with Gasteiger partial charge in [-0.3, -0.25) is 9.69 Å². The molecule has 1 atom stereocenters. The van der Waals surface area contributed by atoms with Crippen LogP contribution < -0.4 is 9.64 Å². The third-order valence-corrected chi connectivity index (χ3v) is 6.91. The fourth-order valence-corrected chi connectivity index (χ4v) is 5.37. The standard InChI is InChI=1S/C25H23ClN2O3S/c1-2-30-21-12-9-16-6-3-4-8-19(16)23(21)24(29)28(15-18-7-5-13-31-18)25-27-20-11-10-17(26)14-22(20)32-25/h3-4,6,8-12,14,18H,2,5,7,13,15H2,1H3. The molecule has 32 heavy (non-hydrogen) atoms. The lowest BCUT2D eigenvalue weighted by atomic mass is 10.0. The first-order chi connectivity index (χ1) is 15.6. The molecule has 2 heterocycles. The van der Waals surface area contributed by atoms with E-state index in [9.17, 15) is 4.79 Å². The van der Waals surface area contributed by atoms with Crippen LogP contribution in [-0.2, 0) is 4.74 Å². The summed E-state index contributed by atoms with van der Waals surface area (Å²) in [5, 5.41) is 3.15. The molecule has 0 N–H and O–H groups in total. The number of amides is 1. The van der Waals surface area contributed by atoms with Gasteiger partial charge in [0.05, 0.1) is 35.0 Å². The van der Waals surface area contributed by atoms with Gasteiger partial charge in [-0.15, -0.1) is 0 Å². The molecule has 1 aliphatic heterocycles. The summed E-state index contributed by atoms with van der Waals surface area (Å²) in [6.07, 6.45) is 1.91. The van der Waals surface area contributed by atoms with Crippen molar-refractivity contribution in [1.29, 1.82) is 0 Å². The summed E-state index contributed by atoms with van der Waals surface area (Å²) in [6, 6.07) is 17.3. The van der Waals surface area contributed by atoms with Crippen LogP contribution in [0.2, 0.25) is 5.02 Å². The molecule has 0 aliphatic carbocycles. The number of carbonyl (C=O) groups is 1. The second-order valence-corrected chi connectivity index (χ2v) is 9.20. The zero-order valence-electron chi connectivity index (χ0n) is 17.7. The lowest BCUT2D eigenvalue weighted by Crippen LogP contribution is -2.37. The zero-order valence-corrected chi connectivity index (χ0v) is 19.3. The van der Waals surface area contributed by atoms with Crippen LogP contribution in [0.25, 0.3) is 21.0 Å². The Labute approximate surface area is 195 Å². The van der Waals surface area contributed by atoms with Crippen molar-refractivity contribution in [2.75, 3.05) is 24.7 Å². The molecule has 0 saturated carbocycles. The first kappa shape index (κ1) is 21.2. The van der Waals surface area contributed by atoms with Gasteiger partial charge in [0.25, 0.3) is 5.91 Å². The number of fused-ring (bicyclic) bond motifs is 2. The molecule has 7 heteroatoms. The maximum atomic E-state index is 14.1. The molecular formula is C25H23ClN2O3S. The van der Waals surface area contributed by atoms with Gasteiger partial charge >= 0.3 is 0 Å². The quantitative estimate of drug-likeness (QED) is 0.333. The third-order valence-electron chi connectivity index (χ3n) is 5.63. The van der Waals surface area contributed by atoms with E-state index in [4.69, 9.17) is 26.1 Å². The molecule has 1 saturated heterocycles. The van der Waals surface area contributed by atoms with E-state index < -0.39 is 0 Å². The molecule has 1 unspecified atom stereocenters. The first-order valence-corrected chi connectivity index (χ1v) is 12.0. The van der Waals surface area contributed by atoms with E-state index in [1.165, 1.54) is 11.3 Å². The predicted octanol–water partition coefficient (Wildman–Crippen LogP) is 6.33. The topological polar surface area (TPSA) is 51.7 Å². The number of carbonyl (C=O) groups excluding carboxylic acids is 1.